The van der Waals surface area contributed by atoms with Crippen molar-refractivity contribution in [1.29, 1.82) is 0 Å². The van der Waals surface area contributed by atoms with E-state index in [1.54, 1.807) is 0 Å². The van der Waals surface area contributed by atoms with E-state index in [-0.39, 0.29) is 0 Å². The third-order valence-electron chi connectivity index (χ3n) is 4.51. The predicted molar refractivity (Wildman–Crippen MR) is 77.0 cm³/mol. The third-order valence-corrected chi connectivity index (χ3v) is 4.51. The summed E-state index contributed by atoms with van der Waals surface area (Å²) in [4.78, 5) is 2.38. The van der Waals surface area contributed by atoms with Crippen LogP contribution in [0.25, 0.3) is 0 Å². The summed E-state index contributed by atoms with van der Waals surface area (Å²) in [6.45, 7) is 5.77. The molecule has 2 aliphatic rings. The zero-order valence-electron chi connectivity index (χ0n) is 11.6. The van der Waals surface area contributed by atoms with Crippen LogP contribution in [0.3, 0.4) is 0 Å². The molecule has 2 nitrogen and oxygen atoms in total. The van der Waals surface area contributed by atoms with Gasteiger partial charge in [0.1, 0.15) is 0 Å². The molecule has 1 aliphatic heterocycles. The number of fused-ring (bicyclic) bond motifs is 1. The van der Waals surface area contributed by atoms with Gasteiger partial charge < -0.3 is 10.2 Å². The number of nitrogens with one attached hydrogen (secondary N) is 1. The van der Waals surface area contributed by atoms with Gasteiger partial charge in [-0.2, -0.15) is 0 Å². The Morgan fingerprint density at radius 3 is 3.00 bits per heavy atom. The van der Waals surface area contributed by atoms with Gasteiger partial charge in [-0.15, -0.1) is 0 Å². The fourth-order valence-corrected chi connectivity index (χ4v) is 3.03. The molecule has 18 heavy (non-hydrogen) atoms. The minimum absolute atomic E-state index is 0.939. The molecule has 1 fully saturated rings. The van der Waals surface area contributed by atoms with Crippen LogP contribution in [-0.2, 0) is 13.0 Å². The smallest absolute Gasteiger partial charge is 0.0396 e. The molecule has 1 N–H and O–H groups in total. The molecule has 1 aliphatic carbocycles. The van der Waals surface area contributed by atoms with Crippen molar-refractivity contribution in [2.45, 2.75) is 32.7 Å². The van der Waals surface area contributed by atoms with Crippen molar-refractivity contribution in [2.24, 2.45) is 11.8 Å². The second-order valence-corrected chi connectivity index (χ2v) is 6.09. The second-order valence-electron chi connectivity index (χ2n) is 6.09. The van der Waals surface area contributed by atoms with Gasteiger partial charge in [0, 0.05) is 25.8 Å². The Balaban J connectivity index is 1.59. The normalized spacial score (nSPS) is 26.0. The zero-order chi connectivity index (χ0) is 12.5. The molecular weight excluding hydrogens is 220 g/mol. The van der Waals surface area contributed by atoms with Gasteiger partial charge in [0.05, 0.1) is 0 Å². The van der Waals surface area contributed by atoms with Crippen LogP contribution in [0.4, 0.5) is 5.69 Å². The largest absolute Gasteiger partial charge is 0.374 e. The van der Waals surface area contributed by atoms with E-state index in [2.05, 4.69) is 42.4 Å². The molecule has 0 saturated heterocycles. The second kappa shape index (κ2) is 4.93. The van der Waals surface area contributed by atoms with E-state index >= 15 is 0 Å². The van der Waals surface area contributed by atoms with Crippen LogP contribution in [0, 0.1) is 11.8 Å². The Bertz CT molecular complexity index is 427. The summed E-state index contributed by atoms with van der Waals surface area (Å²) >= 11 is 0. The van der Waals surface area contributed by atoms with E-state index in [0.29, 0.717) is 0 Å². The summed E-state index contributed by atoms with van der Waals surface area (Å²) in [5, 5.41) is 3.60. The Labute approximate surface area is 110 Å². The van der Waals surface area contributed by atoms with Crippen molar-refractivity contribution in [2.75, 3.05) is 25.0 Å². The molecule has 0 radical (unpaired) electrons. The highest BCUT2D eigenvalue weighted by atomic mass is 15.1. The summed E-state index contributed by atoms with van der Waals surface area (Å²) in [5.41, 5.74) is 4.40. The van der Waals surface area contributed by atoms with E-state index in [4.69, 9.17) is 0 Å². The molecule has 0 spiro atoms. The minimum atomic E-state index is 0.939. The van der Waals surface area contributed by atoms with Gasteiger partial charge in [-0.05, 0) is 54.8 Å². The fourth-order valence-electron chi connectivity index (χ4n) is 3.03. The maximum Gasteiger partial charge on any atom is 0.0396 e. The van der Waals surface area contributed by atoms with Crippen LogP contribution in [0.2, 0.25) is 0 Å². The van der Waals surface area contributed by atoms with Gasteiger partial charge in [-0.25, -0.2) is 0 Å². The van der Waals surface area contributed by atoms with Crippen LogP contribution < -0.4 is 10.2 Å². The third kappa shape index (κ3) is 2.54. The van der Waals surface area contributed by atoms with Crippen molar-refractivity contribution < 1.29 is 0 Å². The number of hydrogen-bond donors (Lipinski definition) is 1. The molecule has 98 valence electrons. The van der Waals surface area contributed by atoms with Crippen molar-refractivity contribution in [3.05, 3.63) is 29.3 Å². The lowest BCUT2D eigenvalue weighted by Crippen LogP contribution is -2.25. The maximum absolute atomic E-state index is 3.60. The SMILES string of the molecule is CC1CC1CNCc1ccc2c(c1)CCCN2C. The van der Waals surface area contributed by atoms with E-state index in [1.807, 2.05) is 0 Å². The molecule has 0 bridgehead atoms. The fraction of sp³-hybridized carbons (Fsp3) is 0.625. The molecule has 2 atom stereocenters. The van der Waals surface area contributed by atoms with Crippen LogP contribution in [-0.4, -0.2) is 20.1 Å². The first-order valence-corrected chi connectivity index (χ1v) is 7.27. The van der Waals surface area contributed by atoms with Crippen LogP contribution in [0.15, 0.2) is 18.2 Å². The van der Waals surface area contributed by atoms with Crippen molar-refractivity contribution in [3.63, 3.8) is 0 Å². The maximum atomic E-state index is 3.60. The molecule has 2 heteroatoms. The molecule has 1 aromatic carbocycles. The highest BCUT2D eigenvalue weighted by Gasteiger charge is 2.31. The zero-order valence-corrected chi connectivity index (χ0v) is 11.6. The van der Waals surface area contributed by atoms with Gasteiger partial charge in [0.2, 0.25) is 0 Å². The average molecular weight is 244 g/mol. The van der Waals surface area contributed by atoms with Crippen LogP contribution >= 0.6 is 0 Å². The van der Waals surface area contributed by atoms with E-state index in [1.165, 1.54) is 49.2 Å². The topological polar surface area (TPSA) is 15.3 Å². The monoisotopic (exact) mass is 244 g/mol. The molecule has 3 rings (SSSR count). The summed E-state index contributed by atoms with van der Waals surface area (Å²) in [6.07, 6.45) is 3.95. The van der Waals surface area contributed by atoms with Gasteiger partial charge in [-0.1, -0.05) is 19.1 Å². The summed E-state index contributed by atoms with van der Waals surface area (Å²) in [5.74, 6) is 1.89. The van der Waals surface area contributed by atoms with Crippen molar-refractivity contribution in [1.82, 2.24) is 5.32 Å². The number of benzene rings is 1. The van der Waals surface area contributed by atoms with E-state index in [9.17, 15) is 0 Å². The Morgan fingerprint density at radius 1 is 1.39 bits per heavy atom. The highest BCUT2D eigenvalue weighted by molar-refractivity contribution is 5.56. The standard InChI is InChI=1S/C16H24N2/c1-12-8-15(12)11-17-10-13-5-6-16-14(9-13)4-3-7-18(16)2/h5-6,9,12,15,17H,3-4,7-8,10-11H2,1-2H3. The first-order chi connectivity index (χ1) is 8.74. The lowest BCUT2D eigenvalue weighted by molar-refractivity contribution is 0.611. The Morgan fingerprint density at radius 2 is 2.22 bits per heavy atom. The molecule has 2 unspecified atom stereocenters. The predicted octanol–water partition coefficient (Wildman–Crippen LogP) is 2.81. The molecule has 1 saturated carbocycles. The highest BCUT2D eigenvalue weighted by Crippen LogP contribution is 2.36. The molecule has 0 amide bonds. The van der Waals surface area contributed by atoms with E-state index < -0.39 is 0 Å². The number of anilines is 1. The van der Waals surface area contributed by atoms with Crippen LogP contribution in [0.5, 0.6) is 0 Å². The number of rotatable bonds is 4. The lowest BCUT2D eigenvalue weighted by atomic mass is 9.99. The number of hydrogen-bond acceptors (Lipinski definition) is 2. The van der Waals surface area contributed by atoms with E-state index in [0.717, 1.165) is 18.4 Å². The van der Waals surface area contributed by atoms with Gasteiger partial charge in [-0.3, -0.25) is 0 Å². The molecular formula is C16H24N2. The first kappa shape index (κ1) is 12.0. The quantitative estimate of drug-likeness (QED) is 0.876. The molecule has 1 aromatic rings. The van der Waals surface area contributed by atoms with Crippen molar-refractivity contribution in [3.8, 4) is 0 Å². The Hall–Kier alpha value is -1.02. The Kier molecular flexibility index (Phi) is 3.29. The molecule has 0 aromatic heterocycles. The number of aryl methyl sites for hydroxylation is 1. The average Bonchev–Trinajstić information content (AvgIpc) is 3.05. The lowest BCUT2D eigenvalue weighted by Gasteiger charge is -2.27. The number of nitrogens with zero attached hydrogens (tertiary/aromatic N) is 1. The summed E-state index contributed by atoms with van der Waals surface area (Å²) < 4.78 is 0. The first-order valence-electron chi connectivity index (χ1n) is 7.27. The van der Waals surface area contributed by atoms with Crippen molar-refractivity contribution >= 4 is 5.69 Å². The summed E-state index contributed by atoms with van der Waals surface area (Å²) in [6, 6.07) is 6.98. The minimum Gasteiger partial charge on any atom is -0.374 e. The van der Waals surface area contributed by atoms with Crippen LogP contribution in [0.1, 0.15) is 30.9 Å². The van der Waals surface area contributed by atoms with Gasteiger partial charge in [0.15, 0.2) is 0 Å². The molecule has 1 heterocycles. The summed E-state index contributed by atoms with van der Waals surface area (Å²) in [7, 11) is 2.20. The van der Waals surface area contributed by atoms with Gasteiger partial charge in [0.25, 0.3) is 0 Å². The van der Waals surface area contributed by atoms with Gasteiger partial charge >= 0.3 is 0 Å².